The van der Waals surface area contributed by atoms with E-state index in [1.165, 1.54) is 29.9 Å². The molecule has 2 N–H and O–H groups in total. The van der Waals surface area contributed by atoms with Crippen LogP contribution in [-0.4, -0.2) is 34.1 Å². The predicted octanol–water partition coefficient (Wildman–Crippen LogP) is 2.90. The Bertz CT molecular complexity index is 543. The zero-order valence-electron chi connectivity index (χ0n) is 11.4. The Kier molecular flexibility index (Phi) is 4.09. The van der Waals surface area contributed by atoms with E-state index in [4.69, 9.17) is 4.98 Å². The maximum absolute atomic E-state index is 4.69. The van der Waals surface area contributed by atoms with Gasteiger partial charge in [-0.3, -0.25) is 0 Å². The average molecular weight is 275 g/mol. The van der Waals surface area contributed by atoms with Crippen LogP contribution in [0.3, 0.4) is 0 Å². The number of aryl methyl sites for hydroxylation is 1. The van der Waals surface area contributed by atoms with Crippen LogP contribution in [0.4, 0.5) is 0 Å². The number of fused-ring (bicyclic) bond motifs is 1. The number of benzene rings is 1. The van der Waals surface area contributed by atoms with Crippen LogP contribution in [0.15, 0.2) is 18.2 Å². The Morgan fingerprint density at radius 2 is 2.42 bits per heavy atom. The van der Waals surface area contributed by atoms with E-state index in [1.54, 1.807) is 0 Å². The van der Waals surface area contributed by atoms with E-state index < -0.39 is 0 Å². The molecule has 0 unspecified atom stereocenters. The van der Waals surface area contributed by atoms with Gasteiger partial charge in [0.25, 0.3) is 0 Å². The Labute approximate surface area is 118 Å². The van der Waals surface area contributed by atoms with E-state index in [2.05, 4.69) is 47.2 Å². The molecule has 2 heterocycles. The van der Waals surface area contributed by atoms with Crippen molar-refractivity contribution in [1.29, 1.82) is 0 Å². The lowest BCUT2D eigenvalue weighted by Crippen LogP contribution is -2.35. The highest BCUT2D eigenvalue weighted by molar-refractivity contribution is 7.99. The molecular weight excluding hydrogens is 254 g/mol. The van der Waals surface area contributed by atoms with Gasteiger partial charge >= 0.3 is 0 Å². The van der Waals surface area contributed by atoms with Crippen LogP contribution in [0.5, 0.6) is 0 Å². The first-order valence-electron chi connectivity index (χ1n) is 7.08. The summed E-state index contributed by atoms with van der Waals surface area (Å²) in [5, 5.41) is 3.65. The lowest BCUT2D eigenvalue weighted by Gasteiger charge is -2.22. The molecule has 19 heavy (non-hydrogen) atoms. The highest BCUT2D eigenvalue weighted by Gasteiger charge is 2.12. The minimum atomic E-state index is 0.699. The van der Waals surface area contributed by atoms with E-state index in [-0.39, 0.29) is 0 Å². The van der Waals surface area contributed by atoms with E-state index in [9.17, 15) is 0 Å². The van der Waals surface area contributed by atoms with E-state index in [0.29, 0.717) is 6.04 Å². The molecule has 1 aliphatic rings. The molecule has 1 saturated heterocycles. The molecule has 1 aliphatic heterocycles. The second-order valence-electron chi connectivity index (χ2n) is 5.27. The van der Waals surface area contributed by atoms with Crippen molar-refractivity contribution in [2.45, 2.75) is 32.2 Å². The highest BCUT2D eigenvalue weighted by Crippen LogP contribution is 2.17. The number of H-pyrrole nitrogens is 1. The number of rotatable bonds is 4. The number of aromatic amines is 1. The smallest absolute Gasteiger partial charge is 0.108 e. The lowest BCUT2D eigenvalue weighted by molar-refractivity contribution is 0.508. The number of aromatic nitrogens is 2. The molecule has 3 rings (SSSR count). The second kappa shape index (κ2) is 5.97. The minimum Gasteiger partial charge on any atom is -0.342 e. The lowest BCUT2D eigenvalue weighted by atomic mass is 10.2. The second-order valence-corrected chi connectivity index (χ2v) is 6.42. The third-order valence-electron chi connectivity index (χ3n) is 3.72. The molecule has 1 atom stereocenters. The van der Waals surface area contributed by atoms with Crippen LogP contribution in [0.1, 0.15) is 24.2 Å². The maximum Gasteiger partial charge on any atom is 0.108 e. The summed E-state index contributed by atoms with van der Waals surface area (Å²) in [6.45, 7) is 3.13. The molecular formula is C15H21N3S. The number of hydrogen-bond donors (Lipinski definition) is 2. The fraction of sp³-hybridized carbons (Fsp3) is 0.533. The Morgan fingerprint density at radius 3 is 3.21 bits per heavy atom. The molecule has 0 radical (unpaired) electrons. The Hall–Kier alpha value is -1.00. The summed E-state index contributed by atoms with van der Waals surface area (Å²) in [7, 11) is 0. The van der Waals surface area contributed by atoms with Crippen LogP contribution in [0.25, 0.3) is 11.0 Å². The molecule has 3 nitrogen and oxygen atoms in total. The molecule has 0 amide bonds. The third-order valence-corrected chi connectivity index (χ3v) is 4.93. The van der Waals surface area contributed by atoms with Gasteiger partial charge < -0.3 is 10.3 Å². The van der Waals surface area contributed by atoms with Crippen molar-refractivity contribution in [3.63, 3.8) is 0 Å². The van der Waals surface area contributed by atoms with Gasteiger partial charge in [0.2, 0.25) is 0 Å². The minimum absolute atomic E-state index is 0.699. The zero-order valence-corrected chi connectivity index (χ0v) is 12.2. The van der Waals surface area contributed by atoms with Gasteiger partial charge in [-0.1, -0.05) is 12.1 Å². The van der Waals surface area contributed by atoms with Gasteiger partial charge in [-0.15, -0.1) is 0 Å². The molecule has 1 fully saturated rings. The van der Waals surface area contributed by atoms with Crippen molar-refractivity contribution in [3.8, 4) is 0 Å². The van der Waals surface area contributed by atoms with Gasteiger partial charge in [-0.05, 0) is 37.1 Å². The summed E-state index contributed by atoms with van der Waals surface area (Å²) in [5.41, 5.74) is 3.52. The fourth-order valence-electron chi connectivity index (χ4n) is 2.64. The molecule has 2 aromatic rings. The predicted molar refractivity (Wildman–Crippen MR) is 82.9 cm³/mol. The van der Waals surface area contributed by atoms with Crippen LogP contribution in [0, 0.1) is 6.92 Å². The standard InChI is InChI=1S/C15H21N3S/c1-11-4-2-6-13-15(11)18-14(17-13)7-8-16-12-5-3-9-19-10-12/h2,4,6,12,16H,3,5,7-10H2,1H3,(H,17,18)/t12-/m1/s1. The van der Waals surface area contributed by atoms with Gasteiger partial charge in [-0.2, -0.15) is 11.8 Å². The maximum atomic E-state index is 4.69. The summed E-state index contributed by atoms with van der Waals surface area (Å²) < 4.78 is 0. The summed E-state index contributed by atoms with van der Waals surface area (Å²) in [4.78, 5) is 8.11. The molecule has 0 bridgehead atoms. The average Bonchev–Trinajstić information content (AvgIpc) is 2.84. The molecule has 102 valence electrons. The first-order valence-corrected chi connectivity index (χ1v) is 8.24. The summed E-state index contributed by atoms with van der Waals surface area (Å²) in [5.74, 6) is 3.69. The molecule has 0 saturated carbocycles. The molecule has 0 spiro atoms. The van der Waals surface area contributed by atoms with E-state index in [1.807, 2.05) is 0 Å². The molecule has 1 aromatic carbocycles. The van der Waals surface area contributed by atoms with Gasteiger partial charge in [0.1, 0.15) is 5.82 Å². The van der Waals surface area contributed by atoms with Crippen molar-refractivity contribution >= 4 is 22.8 Å². The topological polar surface area (TPSA) is 40.7 Å². The van der Waals surface area contributed by atoms with Crippen LogP contribution < -0.4 is 5.32 Å². The first-order chi connectivity index (χ1) is 9.33. The van der Waals surface area contributed by atoms with Crippen molar-refractivity contribution in [2.24, 2.45) is 0 Å². The molecule has 1 aromatic heterocycles. The summed E-state index contributed by atoms with van der Waals surface area (Å²) >= 11 is 2.07. The zero-order chi connectivity index (χ0) is 13.1. The van der Waals surface area contributed by atoms with Gasteiger partial charge in [0, 0.05) is 24.8 Å². The number of nitrogens with zero attached hydrogens (tertiary/aromatic N) is 1. The van der Waals surface area contributed by atoms with Gasteiger partial charge in [0.05, 0.1) is 11.0 Å². The van der Waals surface area contributed by atoms with Crippen molar-refractivity contribution in [3.05, 3.63) is 29.6 Å². The summed E-state index contributed by atoms with van der Waals surface area (Å²) in [6.07, 6.45) is 3.66. The fourth-order valence-corrected chi connectivity index (χ4v) is 3.75. The van der Waals surface area contributed by atoms with Gasteiger partial charge in [-0.25, -0.2) is 4.98 Å². The van der Waals surface area contributed by atoms with Crippen LogP contribution in [0.2, 0.25) is 0 Å². The quantitative estimate of drug-likeness (QED) is 0.901. The van der Waals surface area contributed by atoms with Crippen LogP contribution in [-0.2, 0) is 6.42 Å². The Balaban J connectivity index is 1.57. The number of hydrogen-bond acceptors (Lipinski definition) is 3. The molecule has 0 aliphatic carbocycles. The van der Waals surface area contributed by atoms with Gasteiger partial charge in [0.15, 0.2) is 0 Å². The van der Waals surface area contributed by atoms with E-state index in [0.717, 1.165) is 29.8 Å². The van der Waals surface area contributed by atoms with Crippen molar-refractivity contribution in [2.75, 3.05) is 18.1 Å². The summed E-state index contributed by atoms with van der Waals surface area (Å²) in [6, 6.07) is 7.00. The Morgan fingerprint density at radius 1 is 1.47 bits per heavy atom. The third kappa shape index (κ3) is 3.12. The number of para-hydroxylation sites is 1. The largest absolute Gasteiger partial charge is 0.342 e. The van der Waals surface area contributed by atoms with Crippen molar-refractivity contribution < 1.29 is 0 Å². The van der Waals surface area contributed by atoms with Crippen LogP contribution >= 0.6 is 11.8 Å². The van der Waals surface area contributed by atoms with Crippen molar-refractivity contribution in [1.82, 2.24) is 15.3 Å². The SMILES string of the molecule is Cc1cccc2[nH]c(CCN[C@@H]3CCCSC3)nc12. The first kappa shape index (κ1) is 13.0. The monoisotopic (exact) mass is 275 g/mol. The highest BCUT2D eigenvalue weighted by atomic mass is 32.2. The number of imidazole rings is 1. The normalized spacial score (nSPS) is 19.9. The van der Waals surface area contributed by atoms with E-state index >= 15 is 0 Å². The molecule has 4 heteroatoms. The number of nitrogens with one attached hydrogen (secondary N) is 2. The number of thioether (sulfide) groups is 1.